The molecule has 7 heteroatoms. The highest BCUT2D eigenvalue weighted by Crippen LogP contribution is 2.36. The van der Waals surface area contributed by atoms with Crippen molar-refractivity contribution in [3.8, 4) is 0 Å². The third kappa shape index (κ3) is 4.57. The molecule has 1 spiro atoms. The number of benzene rings is 1. The average Bonchev–Trinajstić information content (AvgIpc) is 2.69. The summed E-state index contributed by atoms with van der Waals surface area (Å²) >= 11 is 5.97. The summed E-state index contributed by atoms with van der Waals surface area (Å²) in [6.45, 7) is 5.24. The first-order valence-corrected chi connectivity index (χ1v) is 10.2. The van der Waals surface area contributed by atoms with Crippen LogP contribution in [0.2, 0.25) is 5.02 Å². The first-order chi connectivity index (χ1) is 13.1. The van der Waals surface area contributed by atoms with Gasteiger partial charge in [-0.25, -0.2) is 4.79 Å². The predicted octanol–water partition coefficient (Wildman–Crippen LogP) is 2.58. The number of morpholine rings is 1. The highest BCUT2D eigenvalue weighted by molar-refractivity contribution is 6.30. The number of rotatable bonds is 2. The number of urea groups is 1. The van der Waals surface area contributed by atoms with E-state index >= 15 is 0 Å². The Kier molecular flexibility index (Phi) is 5.88. The van der Waals surface area contributed by atoms with E-state index in [0.29, 0.717) is 24.7 Å². The number of carbonyl (C=O) groups is 1. The summed E-state index contributed by atoms with van der Waals surface area (Å²) in [4.78, 5) is 14.7. The second kappa shape index (κ2) is 8.35. The summed E-state index contributed by atoms with van der Waals surface area (Å²) in [6.07, 6.45) is 3.07. The predicted molar refractivity (Wildman–Crippen MR) is 104 cm³/mol. The summed E-state index contributed by atoms with van der Waals surface area (Å²) in [5, 5.41) is 7.47. The van der Waals surface area contributed by atoms with Gasteiger partial charge < -0.3 is 25.0 Å². The Bertz CT molecular complexity index is 643. The minimum Gasteiger partial charge on any atom is -0.381 e. The second-order valence-electron chi connectivity index (χ2n) is 7.95. The van der Waals surface area contributed by atoms with Gasteiger partial charge >= 0.3 is 6.03 Å². The molecule has 0 aromatic heterocycles. The largest absolute Gasteiger partial charge is 0.381 e. The van der Waals surface area contributed by atoms with Gasteiger partial charge in [0, 0.05) is 43.9 Å². The molecule has 2 unspecified atom stereocenters. The number of halogens is 1. The van der Waals surface area contributed by atoms with Crippen LogP contribution in [0.3, 0.4) is 0 Å². The van der Waals surface area contributed by atoms with Crippen LogP contribution in [0.25, 0.3) is 0 Å². The molecule has 3 aliphatic heterocycles. The van der Waals surface area contributed by atoms with Gasteiger partial charge in [-0.15, -0.1) is 0 Å². The van der Waals surface area contributed by atoms with E-state index in [1.807, 2.05) is 29.2 Å². The second-order valence-corrected chi connectivity index (χ2v) is 8.39. The van der Waals surface area contributed by atoms with Gasteiger partial charge in [-0.1, -0.05) is 23.7 Å². The summed E-state index contributed by atoms with van der Waals surface area (Å²) in [7, 11) is 0. The molecule has 0 saturated carbocycles. The smallest absolute Gasteiger partial charge is 0.317 e. The molecule has 3 saturated heterocycles. The zero-order valence-electron chi connectivity index (χ0n) is 15.6. The van der Waals surface area contributed by atoms with Crippen LogP contribution in [0.5, 0.6) is 0 Å². The Morgan fingerprint density at radius 3 is 2.78 bits per heavy atom. The zero-order chi connectivity index (χ0) is 18.7. The molecule has 0 bridgehead atoms. The molecule has 2 atom stereocenters. The fraction of sp³-hybridized carbons (Fsp3) is 0.650. The van der Waals surface area contributed by atoms with Crippen molar-refractivity contribution in [3.63, 3.8) is 0 Å². The van der Waals surface area contributed by atoms with E-state index in [4.69, 9.17) is 21.1 Å². The van der Waals surface area contributed by atoms with Gasteiger partial charge in [0.05, 0.1) is 13.2 Å². The molecule has 0 aliphatic carbocycles. The van der Waals surface area contributed by atoms with Gasteiger partial charge in [-0.05, 0) is 42.4 Å². The number of nitrogens with one attached hydrogen (secondary N) is 2. The molecular weight excluding hydrogens is 366 g/mol. The minimum absolute atomic E-state index is 0.00757. The lowest BCUT2D eigenvalue weighted by atomic mass is 9.73. The summed E-state index contributed by atoms with van der Waals surface area (Å²) in [5.41, 5.74) is 1.32. The minimum atomic E-state index is -0.104. The quantitative estimate of drug-likeness (QED) is 0.810. The number of ether oxygens (including phenoxy) is 2. The lowest BCUT2D eigenvalue weighted by Crippen LogP contribution is -2.57. The fourth-order valence-electron chi connectivity index (χ4n) is 4.44. The van der Waals surface area contributed by atoms with E-state index in [1.165, 1.54) is 0 Å². The van der Waals surface area contributed by atoms with Gasteiger partial charge in [0.15, 0.2) is 0 Å². The van der Waals surface area contributed by atoms with Crippen LogP contribution < -0.4 is 10.6 Å². The van der Waals surface area contributed by atoms with Crippen LogP contribution >= 0.6 is 11.6 Å². The topological polar surface area (TPSA) is 62.8 Å². The van der Waals surface area contributed by atoms with E-state index < -0.39 is 0 Å². The number of nitrogens with zero attached hydrogens (tertiary/aromatic N) is 1. The zero-order valence-corrected chi connectivity index (χ0v) is 16.3. The number of hydrogen-bond donors (Lipinski definition) is 2. The summed E-state index contributed by atoms with van der Waals surface area (Å²) in [6, 6.07) is 7.83. The van der Waals surface area contributed by atoms with Crippen molar-refractivity contribution < 1.29 is 14.3 Å². The van der Waals surface area contributed by atoms with Crippen LogP contribution in [0, 0.1) is 5.41 Å². The van der Waals surface area contributed by atoms with Crippen LogP contribution in [-0.2, 0) is 9.47 Å². The normalized spacial score (nSPS) is 28.1. The van der Waals surface area contributed by atoms with Crippen molar-refractivity contribution in [2.45, 2.75) is 31.4 Å². The molecule has 3 fully saturated rings. The monoisotopic (exact) mass is 393 g/mol. The van der Waals surface area contributed by atoms with Crippen LogP contribution in [-0.4, -0.2) is 63.0 Å². The molecule has 2 N–H and O–H groups in total. The third-order valence-electron chi connectivity index (χ3n) is 6.05. The summed E-state index contributed by atoms with van der Waals surface area (Å²) < 4.78 is 11.4. The maximum Gasteiger partial charge on any atom is 0.317 e. The highest BCUT2D eigenvalue weighted by atomic mass is 35.5. The Balaban J connectivity index is 1.34. The van der Waals surface area contributed by atoms with Crippen molar-refractivity contribution in [2.24, 2.45) is 5.41 Å². The molecule has 148 valence electrons. The molecule has 3 heterocycles. The van der Waals surface area contributed by atoms with Crippen molar-refractivity contribution in [2.75, 3.05) is 46.0 Å². The molecule has 4 rings (SSSR count). The number of hydrogen-bond acceptors (Lipinski definition) is 4. The molecule has 27 heavy (non-hydrogen) atoms. The lowest BCUT2D eigenvalue weighted by Gasteiger charge is -2.44. The summed E-state index contributed by atoms with van der Waals surface area (Å²) in [5.74, 6) is 0. The maximum atomic E-state index is 12.9. The van der Waals surface area contributed by atoms with Crippen molar-refractivity contribution in [1.29, 1.82) is 0 Å². The maximum absolute atomic E-state index is 12.9. The molecule has 2 amide bonds. The molecular formula is C20H28ClN3O3. The molecule has 3 aliphatic rings. The molecule has 1 aromatic carbocycles. The van der Waals surface area contributed by atoms with Crippen LogP contribution in [0.4, 0.5) is 4.79 Å². The highest BCUT2D eigenvalue weighted by Gasteiger charge is 2.38. The standard InChI is InChI=1S/C20H28ClN3O3/c21-16-3-1-15(2-4-16)18-13-24(7-10-27-18)19(25)23-17-11-20(14-22-12-17)5-8-26-9-6-20/h1-4,17-18,22H,5-14H2,(H,23,25). The van der Waals surface area contributed by atoms with Gasteiger partial charge in [0.1, 0.15) is 6.10 Å². The van der Waals surface area contributed by atoms with Gasteiger partial charge in [-0.3, -0.25) is 0 Å². The fourth-order valence-corrected chi connectivity index (χ4v) is 4.57. The average molecular weight is 394 g/mol. The van der Waals surface area contributed by atoms with E-state index in [2.05, 4.69) is 10.6 Å². The molecule has 0 radical (unpaired) electrons. The lowest BCUT2D eigenvalue weighted by molar-refractivity contribution is -0.0184. The van der Waals surface area contributed by atoms with E-state index in [1.54, 1.807) is 0 Å². The van der Waals surface area contributed by atoms with E-state index in [9.17, 15) is 4.79 Å². The number of piperidine rings is 1. The first kappa shape index (κ1) is 19.0. The first-order valence-electron chi connectivity index (χ1n) is 9.85. The van der Waals surface area contributed by atoms with Gasteiger partial charge in [0.25, 0.3) is 0 Å². The number of carbonyl (C=O) groups excluding carboxylic acids is 1. The SMILES string of the molecule is O=C(NC1CNCC2(CCOCC2)C1)N1CCOC(c2ccc(Cl)cc2)C1. The van der Waals surface area contributed by atoms with Crippen molar-refractivity contribution >= 4 is 17.6 Å². The molecule has 1 aromatic rings. The Morgan fingerprint density at radius 2 is 2.00 bits per heavy atom. The van der Waals surface area contributed by atoms with Crippen molar-refractivity contribution in [3.05, 3.63) is 34.9 Å². The molecule has 6 nitrogen and oxygen atoms in total. The van der Waals surface area contributed by atoms with E-state index in [0.717, 1.165) is 51.1 Å². The van der Waals surface area contributed by atoms with Crippen molar-refractivity contribution in [1.82, 2.24) is 15.5 Å². The number of amides is 2. The van der Waals surface area contributed by atoms with Crippen LogP contribution in [0.1, 0.15) is 30.9 Å². The van der Waals surface area contributed by atoms with Crippen LogP contribution in [0.15, 0.2) is 24.3 Å². The Morgan fingerprint density at radius 1 is 1.22 bits per heavy atom. The van der Waals surface area contributed by atoms with E-state index in [-0.39, 0.29) is 23.6 Å². The Hall–Kier alpha value is -1.34. The van der Waals surface area contributed by atoms with Gasteiger partial charge in [-0.2, -0.15) is 0 Å². The third-order valence-corrected chi connectivity index (χ3v) is 6.30. The van der Waals surface area contributed by atoms with Gasteiger partial charge in [0.2, 0.25) is 0 Å². The Labute approximate surface area is 165 Å².